The molecule has 0 aliphatic carbocycles. The van der Waals surface area contributed by atoms with Crippen LogP contribution >= 0.6 is 11.6 Å². The smallest absolute Gasteiger partial charge is 0.260 e. The number of rotatable bonds is 6. The molecule has 0 N–H and O–H groups in total. The Morgan fingerprint density at radius 3 is 2.24 bits per heavy atom. The van der Waals surface area contributed by atoms with E-state index in [1.807, 2.05) is 4.90 Å². The van der Waals surface area contributed by atoms with E-state index in [-0.39, 0.29) is 18.3 Å². The van der Waals surface area contributed by atoms with E-state index in [4.69, 9.17) is 16.3 Å². The molecule has 7 nitrogen and oxygen atoms in total. The van der Waals surface area contributed by atoms with Crippen LogP contribution in [0.1, 0.15) is 21.5 Å². The summed E-state index contributed by atoms with van der Waals surface area (Å²) in [6, 6.07) is 19.1. The van der Waals surface area contributed by atoms with Gasteiger partial charge in [-0.3, -0.25) is 9.59 Å². The Morgan fingerprint density at radius 2 is 1.61 bits per heavy atom. The molecule has 166 valence electrons. The zero-order chi connectivity index (χ0) is 23.2. The summed E-state index contributed by atoms with van der Waals surface area (Å²) in [6.07, 6.45) is 1.66. The van der Waals surface area contributed by atoms with Gasteiger partial charge in [-0.15, -0.1) is 0 Å². The molecular formula is C25H21ClN4O3. The summed E-state index contributed by atoms with van der Waals surface area (Å²) in [6.45, 7) is 2.16. The third-order valence-electron chi connectivity index (χ3n) is 5.42. The number of nitrogens with zero attached hydrogens (tertiary/aromatic N) is 4. The van der Waals surface area contributed by atoms with E-state index >= 15 is 0 Å². The first kappa shape index (κ1) is 22.3. The molecule has 1 aliphatic rings. The molecule has 3 aromatic rings. The number of carbonyl (C=O) groups is 2. The van der Waals surface area contributed by atoms with E-state index in [2.05, 4.69) is 11.1 Å². The Morgan fingerprint density at radius 1 is 0.970 bits per heavy atom. The van der Waals surface area contributed by atoms with Crippen LogP contribution in [-0.2, 0) is 4.79 Å². The van der Waals surface area contributed by atoms with Crippen LogP contribution in [0.5, 0.6) is 5.75 Å². The van der Waals surface area contributed by atoms with E-state index in [1.165, 1.54) is 0 Å². The fourth-order valence-corrected chi connectivity index (χ4v) is 3.74. The fourth-order valence-electron chi connectivity index (χ4n) is 3.61. The minimum atomic E-state index is -0.113. The highest BCUT2D eigenvalue weighted by atomic mass is 35.5. The third kappa shape index (κ3) is 5.30. The quantitative estimate of drug-likeness (QED) is 0.523. The molecule has 0 saturated carbocycles. The molecule has 2 heterocycles. The number of amides is 1. The summed E-state index contributed by atoms with van der Waals surface area (Å²) in [7, 11) is 0. The van der Waals surface area contributed by atoms with E-state index < -0.39 is 0 Å². The average molecular weight is 461 g/mol. The predicted octanol–water partition coefficient (Wildman–Crippen LogP) is 3.57. The van der Waals surface area contributed by atoms with Gasteiger partial charge in [0.1, 0.15) is 17.6 Å². The van der Waals surface area contributed by atoms with Gasteiger partial charge in [0.05, 0.1) is 5.56 Å². The summed E-state index contributed by atoms with van der Waals surface area (Å²) >= 11 is 5.87. The van der Waals surface area contributed by atoms with Crippen molar-refractivity contribution in [2.45, 2.75) is 0 Å². The predicted molar refractivity (Wildman–Crippen MR) is 125 cm³/mol. The Bertz CT molecular complexity index is 1180. The Kier molecular flexibility index (Phi) is 6.86. The maximum atomic E-state index is 12.6. The highest BCUT2D eigenvalue weighted by Gasteiger charge is 2.23. The van der Waals surface area contributed by atoms with Gasteiger partial charge in [0.15, 0.2) is 12.4 Å². The van der Waals surface area contributed by atoms with Crippen LogP contribution in [0.2, 0.25) is 5.02 Å². The standard InChI is InChI=1S/C25H21ClN4O3/c26-21-7-3-18(4-8-21)24(32)19-5-9-22(10-6-19)33-17-23(31)29-12-14-30(15-13-29)25-20(16-27)2-1-11-28-25/h1-11H,12-15,17H2. The lowest BCUT2D eigenvalue weighted by molar-refractivity contribution is -0.133. The highest BCUT2D eigenvalue weighted by molar-refractivity contribution is 6.30. The Balaban J connectivity index is 1.28. The molecule has 33 heavy (non-hydrogen) atoms. The normalized spacial score (nSPS) is 13.3. The van der Waals surface area contributed by atoms with Crippen molar-refractivity contribution >= 4 is 29.1 Å². The van der Waals surface area contributed by atoms with Gasteiger partial charge in [0.2, 0.25) is 0 Å². The zero-order valence-corrected chi connectivity index (χ0v) is 18.5. The highest BCUT2D eigenvalue weighted by Crippen LogP contribution is 2.19. The number of anilines is 1. The fraction of sp³-hybridized carbons (Fsp3) is 0.200. The molecule has 0 radical (unpaired) electrons. The van der Waals surface area contributed by atoms with Crippen molar-refractivity contribution in [1.82, 2.24) is 9.88 Å². The number of ether oxygens (including phenoxy) is 1. The third-order valence-corrected chi connectivity index (χ3v) is 5.68. The van der Waals surface area contributed by atoms with Crippen LogP contribution < -0.4 is 9.64 Å². The van der Waals surface area contributed by atoms with E-state index in [1.54, 1.807) is 71.8 Å². The summed E-state index contributed by atoms with van der Waals surface area (Å²) in [5, 5.41) is 9.84. The second-order valence-corrected chi connectivity index (χ2v) is 7.94. The van der Waals surface area contributed by atoms with Crippen molar-refractivity contribution in [2.75, 3.05) is 37.7 Å². The lowest BCUT2D eigenvalue weighted by atomic mass is 10.0. The summed E-state index contributed by atoms with van der Waals surface area (Å²) in [5.74, 6) is 0.940. The van der Waals surface area contributed by atoms with Crippen molar-refractivity contribution < 1.29 is 14.3 Å². The van der Waals surface area contributed by atoms with Gasteiger partial charge >= 0.3 is 0 Å². The average Bonchev–Trinajstić information content (AvgIpc) is 2.87. The van der Waals surface area contributed by atoms with Crippen LogP contribution in [0.3, 0.4) is 0 Å². The molecule has 0 unspecified atom stereocenters. The molecule has 1 fully saturated rings. The Labute approximate surface area is 196 Å². The topological polar surface area (TPSA) is 86.5 Å². The summed E-state index contributed by atoms with van der Waals surface area (Å²) < 4.78 is 5.64. The molecule has 2 aromatic carbocycles. The second kappa shape index (κ2) is 10.2. The van der Waals surface area contributed by atoms with E-state index in [0.717, 1.165) is 0 Å². The number of ketones is 1. The Hall–Kier alpha value is -3.89. The van der Waals surface area contributed by atoms with Crippen LogP contribution in [0.15, 0.2) is 66.9 Å². The number of piperazine rings is 1. The van der Waals surface area contributed by atoms with E-state index in [9.17, 15) is 14.9 Å². The maximum absolute atomic E-state index is 12.6. The van der Waals surface area contributed by atoms with Gasteiger partial charge in [-0.25, -0.2) is 4.98 Å². The molecule has 0 bridgehead atoms. The van der Waals surface area contributed by atoms with Crippen LogP contribution in [0, 0.1) is 11.3 Å². The van der Waals surface area contributed by atoms with Crippen LogP contribution in [0.25, 0.3) is 0 Å². The van der Waals surface area contributed by atoms with Crippen molar-refractivity contribution in [1.29, 1.82) is 5.26 Å². The molecular weight excluding hydrogens is 440 g/mol. The molecule has 1 saturated heterocycles. The molecule has 0 spiro atoms. The van der Waals surface area contributed by atoms with E-state index in [0.29, 0.717) is 59.5 Å². The lowest BCUT2D eigenvalue weighted by Gasteiger charge is -2.35. The number of hydrogen-bond donors (Lipinski definition) is 0. The monoisotopic (exact) mass is 460 g/mol. The largest absolute Gasteiger partial charge is 0.484 e. The number of benzene rings is 2. The zero-order valence-electron chi connectivity index (χ0n) is 17.8. The van der Waals surface area contributed by atoms with Gasteiger partial charge in [-0.1, -0.05) is 11.6 Å². The minimum Gasteiger partial charge on any atom is -0.484 e. The summed E-state index contributed by atoms with van der Waals surface area (Å²) in [4.78, 5) is 33.2. The lowest BCUT2D eigenvalue weighted by Crippen LogP contribution is -2.50. The second-order valence-electron chi connectivity index (χ2n) is 7.50. The van der Waals surface area contributed by atoms with Crippen LogP contribution in [-0.4, -0.2) is 54.4 Å². The molecule has 1 aliphatic heterocycles. The van der Waals surface area contributed by atoms with Gasteiger partial charge in [-0.05, 0) is 60.7 Å². The van der Waals surface area contributed by atoms with Crippen molar-refractivity contribution in [3.05, 3.63) is 88.6 Å². The van der Waals surface area contributed by atoms with Crippen molar-refractivity contribution in [2.24, 2.45) is 0 Å². The number of hydrogen-bond acceptors (Lipinski definition) is 6. The summed E-state index contributed by atoms with van der Waals surface area (Å²) in [5.41, 5.74) is 1.60. The first-order chi connectivity index (χ1) is 16.0. The molecule has 1 amide bonds. The number of halogens is 1. The minimum absolute atomic E-state index is 0.0858. The van der Waals surface area contributed by atoms with Crippen molar-refractivity contribution in [3.8, 4) is 11.8 Å². The van der Waals surface area contributed by atoms with Gasteiger partial charge < -0.3 is 14.5 Å². The van der Waals surface area contributed by atoms with Gasteiger partial charge in [0.25, 0.3) is 5.91 Å². The number of nitriles is 1. The van der Waals surface area contributed by atoms with Crippen LogP contribution in [0.4, 0.5) is 5.82 Å². The van der Waals surface area contributed by atoms with Crippen molar-refractivity contribution in [3.63, 3.8) is 0 Å². The molecule has 4 rings (SSSR count). The van der Waals surface area contributed by atoms with Gasteiger partial charge in [-0.2, -0.15) is 5.26 Å². The first-order valence-electron chi connectivity index (χ1n) is 10.5. The molecule has 1 aromatic heterocycles. The molecule has 0 atom stereocenters. The number of aromatic nitrogens is 1. The maximum Gasteiger partial charge on any atom is 0.260 e. The number of carbonyl (C=O) groups excluding carboxylic acids is 2. The number of pyridine rings is 1. The molecule has 8 heteroatoms. The first-order valence-corrected chi connectivity index (χ1v) is 10.8. The SMILES string of the molecule is N#Cc1cccnc1N1CCN(C(=O)COc2ccc(C(=O)c3ccc(Cl)cc3)cc2)CC1. The van der Waals surface area contributed by atoms with Gasteiger partial charge in [0, 0.05) is 48.5 Å².